The predicted octanol–water partition coefficient (Wildman–Crippen LogP) is 3.71. The van der Waals surface area contributed by atoms with E-state index in [1.54, 1.807) is 0 Å². The first-order chi connectivity index (χ1) is 5.88. The van der Waals surface area contributed by atoms with Gasteiger partial charge in [0.2, 0.25) is 0 Å². The van der Waals surface area contributed by atoms with Crippen LogP contribution in [0.25, 0.3) is 0 Å². The summed E-state index contributed by atoms with van der Waals surface area (Å²) in [5, 5.41) is 0. The lowest BCUT2D eigenvalue weighted by Gasteiger charge is -2.04. The van der Waals surface area contributed by atoms with Crippen molar-refractivity contribution in [1.29, 1.82) is 0 Å². The number of hydrogen-bond acceptors (Lipinski definition) is 2. The monoisotopic (exact) mass is 197 g/mol. The van der Waals surface area contributed by atoms with E-state index in [0.717, 1.165) is 11.5 Å². The van der Waals surface area contributed by atoms with Gasteiger partial charge in [0.15, 0.2) is 0 Å². The Morgan fingerprint density at radius 3 is 2.67 bits per heavy atom. The maximum Gasteiger partial charge on any atom is 0.0287 e. The largest absolute Gasteiger partial charge is 0.125 e. The van der Waals surface area contributed by atoms with Crippen molar-refractivity contribution in [2.75, 3.05) is 11.5 Å². The number of benzene rings is 1. The highest BCUT2D eigenvalue weighted by atomic mass is 32.2. The van der Waals surface area contributed by atoms with Crippen LogP contribution < -0.4 is 0 Å². The molecule has 0 amide bonds. The van der Waals surface area contributed by atoms with E-state index in [-0.39, 0.29) is 0 Å². The van der Waals surface area contributed by atoms with Crippen molar-refractivity contribution in [3.63, 3.8) is 0 Å². The summed E-state index contributed by atoms with van der Waals surface area (Å²) in [6.07, 6.45) is 0. The average Bonchev–Trinajstić information content (AvgIpc) is 2.09. The Balaban J connectivity index is 2.77. The molecular formula is C10H13S2. The molecule has 12 heavy (non-hydrogen) atoms. The standard InChI is InChI=1S/C10H13S2/c1-3-11-9-7-5-6-8-10(9)12-4-2/h5-7H,3-4H2,1-2H3. The Bertz CT molecular complexity index is 208. The molecule has 0 fully saturated rings. The van der Waals surface area contributed by atoms with Crippen LogP contribution in [0.5, 0.6) is 0 Å². The molecule has 0 aromatic heterocycles. The van der Waals surface area contributed by atoms with Gasteiger partial charge in [-0.25, -0.2) is 0 Å². The highest BCUT2D eigenvalue weighted by Gasteiger charge is 1.99. The van der Waals surface area contributed by atoms with Gasteiger partial charge in [0.1, 0.15) is 0 Å². The minimum absolute atomic E-state index is 1.12. The molecule has 0 aliphatic rings. The minimum Gasteiger partial charge on any atom is -0.125 e. The van der Waals surface area contributed by atoms with Gasteiger partial charge < -0.3 is 0 Å². The van der Waals surface area contributed by atoms with Crippen LogP contribution in [-0.2, 0) is 0 Å². The Kier molecular flexibility index (Phi) is 4.62. The molecule has 1 rings (SSSR count). The summed E-state index contributed by atoms with van der Waals surface area (Å²) in [5.74, 6) is 2.26. The van der Waals surface area contributed by atoms with Gasteiger partial charge in [-0.1, -0.05) is 26.0 Å². The fourth-order valence-corrected chi connectivity index (χ4v) is 2.61. The minimum atomic E-state index is 1.12. The number of thioether (sulfide) groups is 2. The van der Waals surface area contributed by atoms with Gasteiger partial charge in [0.25, 0.3) is 0 Å². The van der Waals surface area contributed by atoms with Gasteiger partial charge in [-0.3, -0.25) is 0 Å². The molecule has 0 nitrogen and oxygen atoms in total. The molecule has 0 saturated carbocycles. The normalized spacial score (nSPS) is 10.2. The third-order valence-electron chi connectivity index (χ3n) is 1.37. The van der Waals surface area contributed by atoms with E-state index in [4.69, 9.17) is 0 Å². The van der Waals surface area contributed by atoms with E-state index < -0.39 is 0 Å². The molecule has 0 saturated heterocycles. The second-order valence-electron chi connectivity index (χ2n) is 2.23. The lowest BCUT2D eigenvalue weighted by molar-refractivity contribution is 1.23. The van der Waals surface area contributed by atoms with Crippen molar-refractivity contribution in [3.8, 4) is 0 Å². The van der Waals surface area contributed by atoms with Crippen LogP contribution in [0.1, 0.15) is 13.8 Å². The molecule has 0 heterocycles. The molecular weight excluding hydrogens is 184 g/mol. The first-order valence-electron chi connectivity index (χ1n) is 4.14. The van der Waals surface area contributed by atoms with Crippen molar-refractivity contribution < 1.29 is 0 Å². The first kappa shape index (κ1) is 10.0. The maximum atomic E-state index is 3.26. The average molecular weight is 197 g/mol. The highest BCUT2D eigenvalue weighted by Crippen LogP contribution is 2.29. The molecule has 1 aromatic carbocycles. The zero-order chi connectivity index (χ0) is 8.81. The summed E-state index contributed by atoms with van der Waals surface area (Å²) >= 11 is 3.76. The molecule has 2 heteroatoms. The third kappa shape index (κ3) is 2.76. The summed E-state index contributed by atoms with van der Waals surface area (Å²) in [6, 6.07) is 9.47. The van der Waals surface area contributed by atoms with Crippen molar-refractivity contribution >= 4 is 23.5 Å². The summed E-state index contributed by atoms with van der Waals surface area (Å²) in [6.45, 7) is 4.35. The topological polar surface area (TPSA) is 0 Å². The summed E-state index contributed by atoms with van der Waals surface area (Å²) in [7, 11) is 0. The molecule has 1 aromatic rings. The lowest BCUT2D eigenvalue weighted by atomic mass is 10.4. The Morgan fingerprint density at radius 2 is 2.00 bits per heavy atom. The summed E-state index contributed by atoms with van der Waals surface area (Å²) in [5.41, 5.74) is 0. The number of rotatable bonds is 4. The van der Waals surface area contributed by atoms with Gasteiger partial charge >= 0.3 is 0 Å². The smallest absolute Gasteiger partial charge is 0.0287 e. The van der Waals surface area contributed by atoms with Crippen LogP contribution in [0.3, 0.4) is 0 Å². The molecule has 0 bridgehead atoms. The summed E-state index contributed by atoms with van der Waals surface area (Å²) in [4.78, 5) is 2.67. The van der Waals surface area contributed by atoms with Crippen LogP contribution in [0, 0.1) is 6.07 Å². The van der Waals surface area contributed by atoms with E-state index in [1.165, 1.54) is 9.79 Å². The van der Waals surface area contributed by atoms with Crippen LogP contribution in [0.2, 0.25) is 0 Å². The number of hydrogen-bond donors (Lipinski definition) is 0. The van der Waals surface area contributed by atoms with Gasteiger partial charge in [-0.05, 0) is 23.6 Å². The van der Waals surface area contributed by atoms with Crippen molar-refractivity contribution in [2.24, 2.45) is 0 Å². The quantitative estimate of drug-likeness (QED) is 0.675. The zero-order valence-corrected chi connectivity index (χ0v) is 9.10. The van der Waals surface area contributed by atoms with Crippen LogP contribution in [0.4, 0.5) is 0 Å². The predicted molar refractivity (Wildman–Crippen MR) is 58.1 cm³/mol. The SMILES string of the molecule is CCSc1[c]cccc1SCC. The zero-order valence-electron chi connectivity index (χ0n) is 7.46. The maximum absolute atomic E-state index is 3.26. The fourth-order valence-electron chi connectivity index (χ4n) is 0.932. The van der Waals surface area contributed by atoms with Gasteiger partial charge in [-0.2, -0.15) is 0 Å². The van der Waals surface area contributed by atoms with Crippen LogP contribution in [0.15, 0.2) is 28.0 Å². The van der Waals surface area contributed by atoms with Gasteiger partial charge in [0, 0.05) is 9.79 Å². The molecule has 1 radical (unpaired) electrons. The van der Waals surface area contributed by atoms with Crippen molar-refractivity contribution in [1.82, 2.24) is 0 Å². The Morgan fingerprint density at radius 1 is 1.25 bits per heavy atom. The van der Waals surface area contributed by atoms with Gasteiger partial charge in [0.05, 0.1) is 0 Å². The fraction of sp³-hybridized carbons (Fsp3) is 0.400. The van der Waals surface area contributed by atoms with E-state index in [0.29, 0.717) is 0 Å². The van der Waals surface area contributed by atoms with E-state index in [1.807, 2.05) is 29.6 Å². The molecule has 0 atom stereocenters. The molecule has 0 aliphatic carbocycles. The van der Waals surface area contributed by atoms with Crippen molar-refractivity contribution in [3.05, 3.63) is 24.3 Å². The van der Waals surface area contributed by atoms with Gasteiger partial charge in [-0.15, -0.1) is 23.5 Å². The van der Waals surface area contributed by atoms with Crippen LogP contribution in [-0.4, -0.2) is 11.5 Å². The Hall–Kier alpha value is -0.0800. The highest BCUT2D eigenvalue weighted by molar-refractivity contribution is 8.02. The molecule has 0 aliphatic heterocycles. The van der Waals surface area contributed by atoms with Crippen LogP contribution >= 0.6 is 23.5 Å². The lowest BCUT2D eigenvalue weighted by Crippen LogP contribution is -1.79. The molecule has 0 spiro atoms. The van der Waals surface area contributed by atoms with E-state index in [2.05, 4.69) is 32.0 Å². The van der Waals surface area contributed by atoms with E-state index >= 15 is 0 Å². The van der Waals surface area contributed by atoms with E-state index in [9.17, 15) is 0 Å². The third-order valence-corrected chi connectivity index (χ3v) is 3.35. The summed E-state index contributed by atoms with van der Waals surface area (Å²) < 4.78 is 0. The molecule has 0 N–H and O–H groups in total. The second-order valence-corrected chi connectivity index (χ2v) is 4.81. The Labute approximate surface area is 83.1 Å². The van der Waals surface area contributed by atoms with Crippen molar-refractivity contribution in [2.45, 2.75) is 23.6 Å². The second kappa shape index (κ2) is 5.55. The molecule has 65 valence electrons. The first-order valence-corrected chi connectivity index (χ1v) is 6.12. The molecule has 0 unspecified atom stereocenters.